The van der Waals surface area contributed by atoms with Crippen molar-refractivity contribution in [3.63, 3.8) is 0 Å². The number of ether oxygens (including phenoxy) is 2. The number of aliphatic hydroxyl groups is 1. The summed E-state index contributed by atoms with van der Waals surface area (Å²) in [6.07, 6.45) is 3.46. The maximum atomic E-state index is 14.8. The molecule has 10 heteroatoms. The maximum Gasteiger partial charge on any atom is 0.234 e. The Kier molecular flexibility index (Phi) is 6.30. The average molecular weight is 525 g/mol. The number of aliphatic hydroxyl groups excluding tert-OH is 1. The summed E-state index contributed by atoms with van der Waals surface area (Å²) < 4.78 is 26.4. The van der Waals surface area contributed by atoms with Crippen LogP contribution in [0.25, 0.3) is 11.0 Å². The van der Waals surface area contributed by atoms with Crippen molar-refractivity contribution < 1.29 is 23.8 Å². The number of methoxy groups -OCH3 is 1. The van der Waals surface area contributed by atoms with E-state index in [1.807, 2.05) is 6.07 Å². The largest absolute Gasteiger partial charge is 0.481 e. The van der Waals surface area contributed by atoms with Gasteiger partial charge in [-0.25, -0.2) is 9.37 Å². The van der Waals surface area contributed by atoms with Gasteiger partial charge in [-0.1, -0.05) is 6.07 Å². The lowest BCUT2D eigenvalue weighted by atomic mass is 9.68. The lowest BCUT2D eigenvalue weighted by Crippen LogP contribution is -2.65. The van der Waals surface area contributed by atoms with E-state index in [-0.39, 0.29) is 17.9 Å². The zero-order valence-electron chi connectivity index (χ0n) is 20.6. The smallest absolute Gasteiger partial charge is 0.234 e. The molecule has 2 aromatic heterocycles. The number of anilines is 1. The van der Waals surface area contributed by atoms with Gasteiger partial charge in [-0.3, -0.25) is 9.78 Å². The highest BCUT2D eigenvalue weighted by Gasteiger charge is 2.53. The van der Waals surface area contributed by atoms with Crippen LogP contribution in [0.5, 0.6) is 5.88 Å². The highest BCUT2D eigenvalue weighted by molar-refractivity contribution is 8.00. The van der Waals surface area contributed by atoms with E-state index in [0.29, 0.717) is 54.2 Å². The number of carbonyl (C=O) groups excluding carboxylic acids is 1. The van der Waals surface area contributed by atoms with Crippen molar-refractivity contribution in [1.29, 1.82) is 0 Å². The number of hydrogen-bond donors (Lipinski definition) is 3. The van der Waals surface area contributed by atoms with Crippen LogP contribution in [0.1, 0.15) is 36.8 Å². The molecule has 3 aromatic rings. The fraction of sp³-hybridized carbons (Fsp3) is 0.444. The summed E-state index contributed by atoms with van der Waals surface area (Å²) in [7, 11) is 1.51. The molecule has 1 aliphatic carbocycles. The minimum atomic E-state index is -0.874. The van der Waals surface area contributed by atoms with Crippen LogP contribution >= 0.6 is 11.8 Å². The first-order valence-electron chi connectivity index (χ1n) is 12.5. The zero-order chi connectivity index (χ0) is 25.6. The molecule has 1 atom stereocenters. The van der Waals surface area contributed by atoms with Crippen LogP contribution in [0.2, 0.25) is 0 Å². The first-order valence-corrected chi connectivity index (χ1v) is 13.5. The van der Waals surface area contributed by atoms with Crippen molar-refractivity contribution in [2.75, 3.05) is 24.8 Å². The summed E-state index contributed by atoms with van der Waals surface area (Å²) in [5.74, 6) is 0.355. The lowest BCUT2D eigenvalue weighted by molar-refractivity contribution is -0.208. The number of nitrogens with zero attached hydrogens (tertiary/aromatic N) is 2. The van der Waals surface area contributed by atoms with Crippen LogP contribution in [-0.4, -0.2) is 57.7 Å². The van der Waals surface area contributed by atoms with Crippen LogP contribution in [-0.2, 0) is 22.5 Å². The van der Waals surface area contributed by atoms with Crippen LogP contribution < -0.4 is 15.4 Å². The van der Waals surface area contributed by atoms with Crippen LogP contribution in [0.3, 0.4) is 0 Å². The standard InChI is InChI=1S/C27H29FN4O4S/c1-35-24-5-3-19-25(32-24)17(18(28)13-29-19)11-22(33)27-8-6-26(7-9-27,15-36-27)30-12-16-2-4-21-20(10-16)31-23(34)14-37-21/h2-5,10,13,22,30,33H,6-9,11-12,14-15H2,1H3,(H,31,34)/t22-,26?,27?/m0/s1. The molecule has 0 unspecified atom stereocenters. The number of halogens is 1. The first-order chi connectivity index (χ1) is 17.9. The number of amides is 1. The molecule has 8 nitrogen and oxygen atoms in total. The second-order valence-electron chi connectivity index (χ2n) is 10.2. The van der Waals surface area contributed by atoms with Gasteiger partial charge >= 0.3 is 0 Å². The summed E-state index contributed by atoms with van der Waals surface area (Å²) in [5.41, 5.74) is 2.37. The summed E-state index contributed by atoms with van der Waals surface area (Å²) in [6, 6.07) is 9.59. The van der Waals surface area contributed by atoms with Gasteiger partial charge in [0.05, 0.1) is 54.1 Å². The Morgan fingerprint density at radius 2 is 2.11 bits per heavy atom. The van der Waals surface area contributed by atoms with Gasteiger partial charge in [0.1, 0.15) is 5.82 Å². The van der Waals surface area contributed by atoms with E-state index in [1.165, 1.54) is 13.3 Å². The Morgan fingerprint density at radius 1 is 1.27 bits per heavy atom. The molecule has 0 radical (unpaired) electrons. The molecule has 194 valence electrons. The molecule has 3 aliphatic heterocycles. The fourth-order valence-corrected chi connectivity index (χ4v) is 6.46. The molecular formula is C27H29FN4O4S. The van der Waals surface area contributed by atoms with E-state index in [2.05, 4.69) is 32.7 Å². The predicted molar refractivity (Wildman–Crippen MR) is 138 cm³/mol. The van der Waals surface area contributed by atoms with E-state index in [1.54, 1.807) is 23.9 Å². The van der Waals surface area contributed by atoms with Gasteiger partial charge in [0.25, 0.3) is 0 Å². The van der Waals surface area contributed by atoms with Gasteiger partial charge in [-0.2, -0.15) is 0 Å². The third kappa shape index (κ3) is 4.56. The molecule has 4 aliphatic rings. The van der Waals surface area contributed by atoms with Crippen molar-refractivity contribution in [2.45, 2.75) is 60.8 Å². The SMILES string of the molecule is COc1ccc2ncc(F)c(C[C@H](O)C34CCC(NCc5ccc6c(c5)NC(=O)CS6)(CC3)CO4)c2n1. The van der Waals surface area contributed by atoms with Gasteiger partial charge in [0, 0.05) is 35.0 Å². The number of nitrogens with one attached hydrogen (secondary N) is 2. The van der Waals surface area contributed by atoms with E-state index >= 15 is 0 Å². The van der Waals surface area contributed by atoms with Crippen molar-refractivity contribution in [2.24, 2.45) is 0 Å². The minimum absolute atomic E-state index is 0.0265. The quantitative estimate of drug-likeness (QED) is 0.431. The molecule has 7 rings (SSSR count). The molecule has 1 aromatic carbocycles. The first kappa shape index (κ1) is 24.5. The topological polar surface area (TPSA) is 106 Å². The van der Waals surface area contributed by atoms with Crippen LogP contribution in [0.15, 0.2) is 41.4 Å². The molecule has 1 amide bonds. The van der Waals surface area contributed by atoms with E-state index in [0.717, 1.165) is 29.0 Å². The Balaban J connectivity index is 1.13. The van der Waals surface area contributed by atoms with Crippen molar-refractivity contribution in [3.05, 3.63) is 53.5 Å². The van der Waals surface area contributed by atoms with Crippen LogP contribution in [0, 0.1) is 5.82 Å². The number of carbonyl (C=O) groups is 1. The fourth-order valence-electron chi connectivity index (χ4n) is 5.67. The number of fused-ring (bicyclic) bond motifs is 5. The molecule has 5 heterocycles. The van der Waals surface area contributed by atoms with Gasteiger partial charge in [-0.05, 0) is 49.4 Å². The maximum absolute atomic E-state index is 14.8. The molecule has 3 N–H and O–H groups in total. The summed E-state index contributed by atoms with van der Waals surface area (Å²) in [4.78, 5) is 21.4. The molecule has 0 spiro atoms. The van der Waals surface area contributed by atoms with Gasteiger partial charge < -0.3 is 25.2 Å². The second kappa shape index (κ2) is 9.50. The van der Waals surface area contributed by atoms with E-state index in [9.17, 15) is 14.3 Å². The number of aromatic nitrogens is 2. The summed E-state index contributed by atoms with van der Waals surface area (Å²) >= 11 is 1.55. The Hall–Kier alpha value is -2.79. The Morgan fingerprint density at radius 3 is 2.86 bits per heavy atom. The minimum Gasteiger partial charge on any atom is -0.481 e. The molecular weight excluding hydrogens is 495 g/mol. The van der Waals surface area contributed by atoms with Crippen molar-refractivity contribution in [3.8, 4) is 5.88 Å². The molecule has 37 heavy (non-hydrogen) atoms. The van der Waals surface area contributed by atoms with Gasteiger partial charge in [0.15, 0.2) is 0 Å². The van der Waals surface area contributed by atoms with Crippen molar-refractivity contribution in [1.82, 2.24) is 15.3 Å². The Labute approximate surface area is 218 Å². The number of rotatable bonds is 7. The number of pyridine rings is 2. The second-order valence-corrected chi connectivity index (χ2v) is 11.2. The summed E-state index contributed by atoms with van der Waals surface area (Å²) in [5, 5.41) is 17.9. The highest BCUT2D eigenvalue weighted by atomic mass is 32.2. The average Bonchev–Trinajstić information content (AvgIpc) is 2.94. The van der Waals surface area contributed by atoms with Crippen LogP contribution in [0.4, 0.5) is 10.1 Å². The lowest BCUT2D eigenvalue weighted by Gasteiger charge is -2.55. The van der Waals surface area contributed by atoms with E-state index < -0.39 is 17.5 Å². The van der Waals surface area contributed by atoms with Crippen molar-refractivity contribution >= 4 is 34.4 Å². The zero-order valence-corrected chi connectivity index (χ0v) is 21.4. The predicted octanol–water partition coefficient (Wildman–Crippen LogP) is 3.60. The molecule has 1 saturated carbocycles. The molecule has 3 fully saturated rings. The van der Waals surface area contributed by atoms with E-state index in [4.69, 9.17) is 9.47 Å². The summed E-state index contributed by atoms with van der Waals surface area (Å²) in [6.45, 7) is 1.14. The molecule has 2 bridgehead atoms. The third-order valence-corrected chi connectivity index (χ3v) is 9.06. The number of thioether (sulfide) groups is 1. The highest BCUT2D eigenvalue weighted by Crippen LogP contribution is 2.46. The Bertz CT molecular complexity index is 1350. The molecule has 2 saturated heterocycles. The van der Waals surface area contributed by atoms with Gasteiger partial charge in [-0.15, -0.1) is 11.8 Å². The number of benzene rings is 1. The number of hydrogen-bond acceptors (Lipinski definition) is 8. The normalized spacial score (nSPS) is 25.5. The third-order valence-electron chi connectivity index (χ3n) is 7.99. The van der Waals surface area contributed by atoms with Gasteiger partial charge in [0.2, 0.25) is 11.8 Å². The monoisotopic (exact) mass is 524 g/mol.